The highest BCUT2D eigenvalue weighted by Gasteiger charge is 2.13. The molecule has 0 radical (unpaired) electrons. The second-order valence-corrected chi connectivity index (χ2v) is 2.81. The largest absolute Gasteiger partial charge is 0.465 e. The Kier molecular flexibility index (Phi) is 2.91. The lowest BCUT2D eigenvalue weighted by Crippen LogP contribution is -2.28. The van der Waals surface area contributed by atoms with Crippen molar-refractivity contribution >= 4 is 23.6 Å². The van der Waals surface area contributed by atoms with E-state index in [2.05, 4.69) is 8.75 Å². The number of rotatable bonds is 3. The Hall–Kier alpha value is -1.50. The van der Waals surface area contributed by atoms with Gasteiger partial charge in [0.25, 0.3) is 0 Å². The fraction of sp³-hybridized carbons (Fsp3) is 0.333. The number of Topliss-reactive ketones (excluding diaryl/α,β-unsaturated/α-hetero) is 1. The molecule has 0 bridgehead atoms. The maximum Gasteiger partial charge on any atom is 0.405 e. The zero-order valence-electron chi connectivity index (χ0n) is 6.77. The number of nitrogens with one attached hydrogen (secondary N) is 1. The summed E-state index contributed by atoms with van der Waals surface area (Å²) in [4.78, 5) is 21.3. The Morgan fingerprint density at radius 2 is 2.23 bits per heavy atom. The minimum atomic E-state index is -1.23. The zero-order valence-corrected chi connectivity index (χ0v) is 7.59. The van der Waals surface area contributed by atoms with Gasteiger partial charge in [0.1, 0.15) is 5.69 Å². The lowest BCUT2D eigenvalue weighted by molar-refractivity contribution is 0.0982. The molecule has 7 heteroatoms. The third-order valence-electron chi connectivity index (χ3n) is 1.32. The third kappa shape index (κ3) is 2.48. The van der Waals surface area contributed by atoms with Gasteiger partial charge >= 0.3 is 6.09 Å². The highest BCUT2D eigenvalue weighted by Crippen LogP contribution is 2.03. The summed E-state index contributed by atoms with van der Waals surface area (Å²) >= 11 is 0.933. The summed E-state index contributed by atoms with van der Waals surface area (Å²) in [6.07, 6.45) is -1.23. The Morgan fingerprint density at radius 1 is 1.54 bits per heavy atom. The Bertz CT molecular complexity index is 336. The van der Waals surface area contributed by atoms with Crippen LogP contribution in [0.5, 0.6) is 0 Å². The van der Waals surface area contributed by atoms with Crippen molar-refractivity contribution in [3.05, 3.63) is 11.4 Å². The molecule has 0 aliphatic carbocycles. The molecule has 0 fully saturated rings. The van der Waals surface area contributed by atoms with E-state index in [-0.39, 0.29) is 18.0 Å². The van der Waals surface area contributed by atoms with Crippen molar-refractivity contribution in [2.45, 2.75) is 6.92 Å². The van der Waals surface area contributed by atoms with Crippen LogP contribution in [0.25, 0.3) is 0 Å². The van der Waals surface area contributed by atoms with E-state index in [9.17, 15) is 9.59 Å². The number of amides is 1. The van der Waals surface area contributed by atoms with Gasteiger partial charge in [-0.05, 0) is 6.92 Å². The molecule has 0 aromatic carbocycles. The average Bonchev–Trinajstić information content (AvgIpc) is 2.47. The Balaban J connectivity index is 2.59. The molecule has 0 atom stereocenters. The van der Waals surface area contributed by atoms with Gasteiger partial charge in [0.15, 0.2) is 0 Å². The molecule has 0 aliphatic rings. The molecule has 0 saturated heterocycles. The summed E-state index contributed by atoms with van der Waals surface area (Å²) in [6.45, 7) is 1.39. The monoisotopic (exact) mass is 201 g/mol. The van der Waals surface area contributed by atoms with Gasteiger partial charge in [-0.1, -0.05) is 0 Å². The molecule has 0 aliphatic heterocycles. The molecule has 0 unspecified atom stereocenters. The number of ketones is 1. The van der Waals surface area contributed by atoms with Gasteiger partial charge in [0.05, 0.1) is 24.0 Å². The van der Waals surface area contributed by atoms with Crippen LogP contribution in [0.15, 0.2) is 0 Å². The van der Waals surface area contributed by atoms with Crippen LogP contribution in [-0.4, -0.2) is 32.3 Å². The SMILES string of the molecule is Cc1nsnc1C(=O)CNC(=O)O. The van der Waals surface area contributed by atoms with Gasteiger partial charge in [-0.25, -0.2) is 4.79 Å². The topological polar surface area (TPSA) is 92.2 Å². The minimum Gasteiger partial charge on any atom is -0.465 e. The molecule has 1 amide bonds. The van der Waals surface area contributed by atoms with Crippen LogP contribution in [-0.2, 0) is 0 Å². The van der Waals surface area contributed by atoms with Crippen molar-refractivity contribution in [1.29, 1.82) is 0 Å². The van der Waals surface area contributed by atoms with Crippen molar-refractivity contribution in [1.82, 2.24) is 14.1 Å². The smallest absolute Gasteiger partial charge is 0.405 e. The number of aromatic nitrogens is 2. The maximum atomic E-state index is 11.2. The van der Waals surface area contributed by atoms with Crippen LogP contribution in [0, 0.1) is 6.92 Å². The highest BCUT2D eigenvalue weighted by molar-refractivity contribution is 6.99. The van der Waals surface area contributed by atoms with Crippen molar-refractivity contribution in [2.75, 3.05) is 6.54 Å². The summed E-state index contributed by atoms with van der Waals surface area (Å²) in [6, 6.07) is 0. The summed E-state index contributed by atoms with van der Waals surface area (Å²) in [5, 5.41) is 10.2. The van der Waals surface area contributed by atoms with Crippen molar-refractivity contribution in [3.8, 4) is 0 Å². The van der Waals surface area contributed by atoms with Gasteiger partial charge in [0.2, 0.25) is 5.78 Å². The Morgan fingerprint density at radius 3 is 2.69 bits per heavy atom. The van der Waals surface area contributed by atoms with Gasteiger partial charge in [0, 0.05) is 0 Å². The van der Waals surface area contributed by atoms with E-state index >= 15 is 0 Å². The first-order chi connectivity index (χ1) is 6.11. The molecule has 1 rings (SSSR count). The summed E-state index contributed by atoms with van der Waals surface area (Å²) < 4.78 is 7.54. The van der Waals surface area contributed by atoms with Crippen molar-refractivity contribution in [3.63, 3.8) is 0 Å². The molecule has 1 aromatic rings. The van der Waals surface area contributed by atoms with Crippen LogP contribution < -0.4 is 5.32 Å². The summed E-state index contributed by atoms with van der Waals surface area (Å²) in [5.74, 6) is -0.367. The first-order valence-corrected chi connectivity index (χ1v) is 4.13. The lowest BCUT2D eigenvalue weighted by Gasteiger charge is -1.96. The van der Waals surface area contributed by atoms with E-state index < -0.39 is 6.09 Å². The quantitative estimate of drug-likeness (QED) is 0.686. The molecule has 13 heavy (non-hydrogen) atoms. The molecule has 0 saturated carbocycles. The number of carbonyl (C=O) groups is 2. The van der Waals surface area contributed by atoms with Crippen LogP contribution in [0.1, 0.15) is 16.2 Å². The number of hydrogen-bond donors (Lipinski definition) is 2. The van der Waals surface area contributed by atoms with Crippen molar-refractivity contribution < 1.29 is 14.7 Å². The molecule has 1 heterocycles. The summed E-state index contributed by atoms with van der Waals surface area (Å²) in [7, 11) is 0. The first kappa shape index (κ1) is 9.59. The number of hydrogen-bond acceptors (Lipinski definition) is 5. The highest BCUT2D eigenvalue weighted by atomic mass is 32.1. The van der Waals surface area contributed by atoms with E-state index in [0.29, 0.717) is 5.69 Å². The van der Waals surface area contributed by atoms with E-state index in [0.717, 1.165) is 11.7 Å². The third-order valence-corrected chi connectivity index (χ3v) is 1.94. The van der Waals surface area contributed by atoms with Crippen LogP contribution in [0.3, 0.4) is 0 Å². The minimum absolute atomic E-state index is 0.235. The fourth-order valence-electron chi connectivity index (χ4n) is 0.724. The number of nitrogens with zero attached hydrogens (tertiary/aromatic N) is 2. The molecule has 6 nitrogen and oxygen atoms in total. The fourth-order valence-corrected chi connectivity index (χ4v) is 1.29. The lowest BCUT2D eigenvalue weighted by atomic mass is 10.2. The molecular formula is C6H7N3O3S. The Labute approximate surface area is 77.9 Å². The second kappa shape index (κ2) is 3.94. The average molecular weight is 201 g/mol. The molecule has 70 valence electrons. The van der Waals surface area contributed by atoms with E-state index in [4.69, 9.17) is 5.11 Å². The molecule has 2 N–H and O–H groups in total. The van der Waals surface area contributed by atoms with Gasteiger partial charge in [-0.15, -0.1) is 0 Å². The standard InChI is InChI=1S/C6H7N3O3S/c1-3-5(9-13-8-3)4(10)2-7-6(11)12/h7H,2H2,1H3,(H,11,12). The van der Waals surface area contributed by atoms with Crippen LogP contribution >= 0.6 is 11.7 Å². The van der Waals surface area contributed by atoms with Gasteiger partial charge < -0.3 is 10.4 Å². The van der Waals surface area contributed by atoms with E-state index in [1.54, 1.807) is 6.92 Å². The predicted octanol–water partition coefficient (Wildman–Crippen LogP) is 0.297. The maximum absolute atomic E-state index is 11.2. The molecule has 1 aromatic heterocycles. The number of carbonyl (C=O) groups excluding carboxylic acids is 1. The predicted molar refractivity (Wildman–Crippen MR) is 45.0 cm³/mol. The number of aryl methyl sites for hydroxylation is 1. The van der Waals surface area contributed by atoms with Gasteiger partial charge in [-0.3, -0.25) is 4.79 Å². The number of carboxylic acid groups (broad SMARTS) is 1. The van der Waals surface area contributed by atoms with E-state index in [1.165, 1.54) is 0 Å². The second-order valence-electron chi connectivity index (χ2n) is 2.28. The molecular weight excluding hydrogens is 194 g/mol. The van der Waals surface area contributed by atoms with Crippen LogP contribution in [0.4, 0.5) is 4.79 Å². The summed E-state index contributed by atoms with van der Waals surface area (Å²) in [5.41, 5.74) is 0.765. The van der Waals surface area contributed by atoms with Gasteiger partial charge in [-0.2, -0.15) is 8.75 Å². The molecule has 0 spiro atoms. The van der Waals surface area contributed by atoms with Crippen molar-refractivity contribution in [2.24, 2.45) is 0 Å². The normalized spacial score (nSPS) is 9.62. The van der Waals surface area contributed by atoms with E-state index in [1.807, 2.05) is 5.32 Å². The zero-order chi connectivity index (χ0) is 9.84. The first-order valence-electron chi connectivity index (χ1n) is 3.40. The van der Waals surface area contributed by atoms with Crippen LogP contribution in [0.2, 0.25) is 0 Å².